The van der Waals surface area contributed by atoms with E-state index in [2.05, 4.69) is 16.9 Å². The van der Waals surface area contributed by atoms with Gasteiger partial charge in [-0.25, -0.2) is 4.98 Å². The van der Waals surface area contributed by atoms with Crippen molar-refractivity contribution in [3.05, 3.63) is 58.7 Å². The summed E-state index contributed by atoms with van der Waals surface area (Å²) >= 11 is 0. The van der Waals surface area contributed by atoms with Gasteiger partial charge in [0.25, 0.3) is 11.5 Å². The zero-order chi connectivity index (χ0) is 19.7. The first kappa shape index (κ1) is 18.7. The molecule has 27 heavy (non-hydrogen) atoms. The second kappa shape index (κ2) is 7.26. The van der Waals surface area contributed by atoms with Crippen molar-refractivity contribution in [2.45, 2.75) is 46.7 Å². The minimum Gasteiger partial charge on any atom is -0.466 e. The van der Waals surface area contributed by atoms with E-state index in [0.717, 1.165) is 23.5 Å². The third-order valence-electron chi connectivity index (χ3n) is 4.57. The molecule has 0 fully saturated rings. The van der Waals surface area contributed by atoms with Crippen molar-refractivity contribution in [3.63, 3.8) is 0 Å². The largest absolute Gasteiger partial charge is 0.466 e. The fraction of sp³-hybridized carbons (Fsp3) is 0.350. The molecule has 0 aliphatic heterocycles. The van der Waals surface area contributed by atoms with E-state index in [1.807, 2.05) is 33.8 Å². The number of nitrogens with zero attached hydrogens (tertiary/aromatic N) is 3. The minimum absolute atomic E-state index is 0.0341. The van der Waals surface area contributed by atoms with Gasteiger partial charge >= 0.3 is 0 Å². The second-order valence-corrected chi connectivity index (χ2v) is 6.69. The molecule has 0 bridgehead atoms. The number of hydrogen-bond acceptors (Lipinski definition) is 4. The molecular formula is C20H24N4O3. The fourth-order valence-corrected chi connectivity index (χ4v) is 3.00. The zero-order valence-electron chi connectivity index (χ0n) is 16.1. The van der Waals surface area contributed by atoms with E-state index >= 15 is 0 Å². The smallest absolute Gasteiger partial charge is 0.295 e. The number of nitrogens with one attached hydrogen (secondary N) is 1. The molecule has 0 saturated heterocycles. The summed E-state index contributed by atoms with van der Waals surface area (Å²) in [5, 5.41) is 2.87. The summed E-state index contributed by atoms with van der Waals surface area (Å²) in [6.45, 7) is 11.7. The highest BCUT2D eigenvalue weighted by Gasteiger charge is 2.19. The number of aryl methyl sites for hydroxylation is 2. The lowest BCUT2D eigenvalue weighted by Crippen LogP contribution is -2.32. The average molecular weight is 368 g/mol. The maximum absolute atomic E-state index is 13.0. The van der Waals surface area contributed by atoms with E-state index in [-0.39, 0.29) is 28.8 Å². The van der Waals surface area contributed by atoms with Crippen LogP contribution in [0.5, 0.6) is 0 Å². The molecule has 0 saturated carbocycles. The van der Waals surface area contributed by atoms with Crippen LogP contribution in [0.15, 0.2) is 40.3 Å². The molecule has 0 aromatic carbocycles. The van der Waals surface area contributed by atoms with Crippen LogP contribution in [-0.2, 0) is 6.54 Å². The molecule has 0 aliphatic rings. The topological polar surface area (TPSA) is 81.5 Å². The Hall–Kier alpha value is -3.09. The number of carbonyl (C=O) groups is 1. The fourth-order valence-electron chi connectivity index (χ4n) is 3.00. The number of rotatable bonds is 6. The number of hydrogen-bond donors (Lipinski definition) is 1. The van der Waals surface area contributed by atoms with Gasteiger partial charge in [0.2, 0.25) is 5.65 Å². The van der Waals surface area contributed by atoms with Gasteiger partial charge in [0.15, 0.2) is 0 Å². The summed E-state index contributed by atoms with van der Waals surface area (Å²) in [6.07, 6.45) is 5.85. The summed E-state index contributed by atoms with van der Waals surface area (Å²) < 4.78 is 8.81. The van der Waals surface area contributed by atoms with Gasteiger partial charge in [0.05, 0.1) is 5.69 Å². The van der Waals surface area contributed by atoms with E-state index in [9.17, 15) is 9.59 Å². The van der Waals surface area contributed by atoms with Crippen molar-refractivity contribution in [2.75, 3.05) is 0 Å². The van der Waals surface area contributed by atoms with Crippen LogP contribution in [0, 0.1) is 13.8 Å². The van der Waals surface area contributed by atoms with Crippen LogP contribution in [0.1, 0.15) is 42.3 Å². The summed E-state index contributed by atoms with van der Waals surface area (Å²) in [4.78, 5) is 29.7. The Bertz CT molecular complexity index is 1070. The molecule has 3 aromatic heterocycles. The standard InChI is InChI=1S/C20H24N4O3/c1-6-8-24-17(15-9-13(4)27-14(15)5)11-23-10-16(22-18(23)20(24)26)19(25)21-12(3)7-2/h6,9-12H,1,7-8H2,2-5H3,(H,21,25). The number of amides is 1. The van der Waals surface area contributed by atoms with Crippen LogP contribution in [0.4, 0.5) is 0 Å². The zero-order valence-corrected chi connectivity index (χ0v) is 16.1. The highest BCUT2D eigenvalue weighted by molar-refractivity contribution is 5.93. The van der Waals surface area contributed by atoms with Gasteiger partial charge in [-0.2, -0.15) is 0 Å². The molecule has 3 aromatic rings. The Morgan fingerprint density at radius 1 is 1.41 bits per heavy atom. The number of imidazole rings is 1. The monoisotopic (exact) mass is 368 g/mol. The first-order valence-electron chi connectivity index (χ1n) is 8.97. The lowest BCUT2D eigenvalue weighted by Gasteiger charge is -2.11. The summed E-state index contributed by atoms with van der Waals surface area (Å²) in [5.74, 6) is 1.19. The first-order chi connectivity index (χ1) is 12.8. The molecule has 142 valence electrons. The summed E-state index contributed by atoms with van der Waals surface area (Å²) in [7, 11) is 0. The molecular weight excluding hydrogens is 344 g/mol. The SMILES string of the molecule is C=CCn1c(-c2cc(C)oc2C)cn2cc(C(=O)NC(C)CC)nc2c1=O. The molecule has 1 N–H and O–H groups in total. The predicted molar refractivity (Wildman–Crippen MR) is 104 cm³/mol. The quantitative estimate of drug-likeness (QED) is 0.678. The van der Waals surface area contributed by atoms with Gasteiger partial charge in [-0.1, -0.05) is 13.0 Å². The van der Waals surface area contributed by atoms with Gasteiger partial charge in [-0.15, -0.1) is 6.58 Å². The van der Waals surface area contributed by atoms with Crippen molar-refractivity contribution in [1.29, 1.82) is 0 Å². The number of fused-ring (bicyclic) bond motifs is 1. The van der Waals surface area contributed by atoms with Gasteiger partial charge < -0.3 is 9.73 Å². The third-order valence-corrected chi connectivity index (χ3v) is 4.57. The maximum Gasteiger partial charge on any atom is 0.295 e. The molecule has 0 aliphatic carbocycles. The Labute approximate surface area is 157 Å². The van der Waals surface area contributed by atoms with Crippen molar-refractivity contribution in [2.24, 2.45) is 0 Å². The van der Waals surface area contributed by atoms with Crippen LogP contribution in [-0.4, -0.2) is 25.9 Å². The Balaban J connectivity index is 2.18. The molecule has 7 nitrogen and oxygen atoms in total. The molecule has 1 atom stereocenters. The number of furan rings is 1. The highest BCUT2D eigenvalue weighted by atomic mass is 16.3. The van der Waals surface area contributed by atoms with Gasteiger partial charge in [0.1, 0.15) is 17.2 Å². The van der Waals surface area contributed by atoms with Gasteiger partial charge in [-0.05, 0) is 33.3 Å². The normalized spacial score (nSPS) is 12.3. The summed E-state index contributed by atoms with van der Waals surface area (Å²) in [6, 6.07) is 1.93. The van der Waals surface area contributed by atoms with Gasteiger partial charge in [-0.3, -0.25) is 18.6 Å². The van der Waals surface area contributed by atoms with E-state index in [1.54, 1.807) is 27.4 Å². The van der Waals surface area contributed by atoms with E-state index in [0.29, 0.717) is 12.2 Å². The molecule has 0 radical (unpaired) electrons. The highest BCUT2D eigenvalue weighted by Crippen LogP contribution is 2.26. The number of allylic oxidation sites excluding steroid dienone is 1. The van der Waals surface area contributed by atoms with Crippen LogP contribution in [0.3, 0.4) is 0 Å². The van der Waals surface area contributed by atoms with E-state index in [4.69, 9.17) is 4.42 Å². The predicted octanol–water partition coefficient (Wildman–Crippen LogP) is 3.09. The molecule has 3 heterocycles. The number of carbonyl (C=O) groups excluding carboxylic acids is 1. The van der Waals surface area contributed by atoms with Crippen LogP contribution in [0.25, 0.3) is 16.9 Å². The van der Waals surface area contributed by atoms with Gasteiger partial charge in [0, 0.05) is 30.5 Å². The van der Waals surface area contributed by atoms with Crippen molar-refractivity contribution >= 4 is 11.6 Å². The lowest BCUT2D eigenvalue weighted by molar-refractivity contribution is 0.0935. The van der Waals surface area contributed by atoms with Crippen molar-refractivity contribution < 1.29 is 9.21 Å². The molecule has 1 amide bonds. The van der Waals surface area contributed by atoms with Crippen molar-refractivity contribution in [1.82, 2.24) is 19.3 Å². The maximum atomic E-state index is 13.0. The Morgan fingerprint density at radius 3 is 2.74 bits per heavy atom. The summed E-state index contributed by atoms with van der Waals surface area (Å²) in [5.41, 5.74) is 1.65. The molecule has 3 rings (SSSR count). The Kier molecular flexibility index (Phi) is 5.03. The van der Waals surface area contributed by atoms with Crippen LogP contribution < -0.4 is 10.9 Å². The second-order valence-electron chi connectivity index (χ2n) is 6.69. The number of aromatic nitrogens is 3. The molecule has 7 heteroatoms. The van der Waals surface area contributed by atoms with Crippen molar-refractivity contribution in [3.8, 4) is 11.3 Å². The molecule has 0 spiro atoms. The van der Waals surface area contributed by atoms with Crippen LogP contribution in [0.2, 0.25) is 0 Å². The van der Waals surface area contributed by atoms with Crippen LogP contribution >= 0.6 is 0 Å². The lowest BCUT2D eigenvalue weighted by atomic mass is 10.2. The average Bonchev–Trinajstić information content (AvgIpc) is 3.20. The van der Waals surface area contributed by atoms with E-state index in [1.165, 1.54) is 0 Å². The Morgan fingerprint density at radius 2 is 2.15 bits per heavy atom. The third kappa shape index (κ3) is 3.45. The minimum atomic E-state index is -0.292. The first-order valence-corrected chi connectivity index (χ1v) is 8.97. The van der Waals surface area contributed by atoms with E-state index < -0.39 is 0 Å². The molecule has 1 unspecified atom stereocenters.